The van der Waals surface area contributed by atoms with E-state index in [-0.39, 0.29) is 18.7 Å². The van der Waals surface area contributed by atoms with Gasteiger partial charge in [0.2, 0.25) is 5.91 Å². The lowest BCUT2D eigenvalue weighted by Gasteiger charge is -2.42. The van der Waals surface area contributed by atoms with E-state index in [1.807, 2.05) is 43.3 Å². The van der Waals surface area contributed by atoms with Crippen LogP contribution in [0.5, 0.6) is 5.75 Å². The van der Waals surface area contributed by atoms with Crippen molar-refractivity contribution in [2.45, 2.75) is 25.8 Å². The van der Waals surface area contributed by atoms with Crippen LogP contribution in [0.15, 0.2) is 48.5 Å². The molecule has 130 valence electrons. The number of piperidine rings is 1. The van der Waals surface area contributed by atoms with Crippen LogP contribution in [0.4, 0.5) is 5.69 Å². The zero-order valence-electron chi connectivity index (χ0n) is 14.3. The molecular weight excluding hydrogens is 318 g/mol. The lowest BCUT2D eigenvalue weighted by molar-refractivity contribution is -0.312. The maximum Gasteiger partial charge on any atom is 0.227 e. The normalized spacial score (nSPS) is 20.4. The van der Waals surface area contributed by atoms with Crippen LogP contribution in [0.2, 0.25) is 0 Å². The molecule has 25 heavy (non-hydrogen) atoms. The van der Waals surface area contributed by atoms with Gasteiger partial charge in [0.25, 0.3) is 0 Å². The summed E-state index contributed by atoms with van der Waals surface area (Å²) in [4.78, 5) is 26.1. The number of amides is 1. The van der Waals surface area contributed by atoms with Crippen LogP contribution >= 0.6 is 0 Å². The molecule has 2 aromatic carbocycles. The molecule has 5 nitrogen and oxygen atoms in total. The third-order valence-corrected chi connectivity index (χ3v) is 4.67. The quantitative estimate of drug-likeness (QED) is 0.857. The number of carboxylic acid groups (broad SMARTS) is 1. The third kappa shape index (κ3) is 3.22. The van der Waals surface area contributed by atoms with Gasteiger partial charge in [-0.2, -0.15) is 0 Å². The lowest BCUT2D eigenvalue weighted by Crippen LogP contribution is -2.49. The molecule has 0 N–H and O–H groups in total. The van der Waals surface area contributed by atoms with E-state index >= 15 is 0 Å². The summed E-state index contributed by atoms with van der Waals surface area (Å²) < 4.78 is 5.41. The smallest absolute Gasteiger partial charge is 0.227 e. The molecule has 0 bridgehead atoms. The van der Waals surface area contributed by atoms with E-state index in [2.05, 4.69) is 0 Å². The standard InChI is InChI=1S/C20H21NO4/c1-13-7-9-14(10-8-13)21-18(22)12-11-16(20(23)24)19(21)15-5-3-4-6-17(15)25-2/h3-10,16,19H,11-12H2,1-2H3,(H,23,24)/p-1/t16-,19+/m1/s1. The summed E-state index contributed by atoms with van der Waals surface area (Å²) in [5, 5.41) is 11.8. The summed E-state index contributed by atoms with van der Waals surface area (Å²) in [6.45, 7) is 1.96. The molecule has 2 atom stereocenters. The third-order valence-electron chi connectivity index (χ3n) is 4.67. The Kier molecular flexibility index (Phi) is 4.74. The van der Waals surface area contributed by atoms with Crippen LogP contribution in [0.3, 0.4) is 0 Å². The van der Waals surface area contributed by atoms with Gasteiger partial charge in [0.05, 0.1) is 13.2 Å². The number of carbonyl (C=O) groups is 2. The summed E-state index contributed by atoms with van der Waals surface area (Å²) in [5.41, 5.74) is 2.42. The first-order valence-corrected chi connectivity index (χ1v) is 8.25. The molecule has 0 saturated carbocycles. The zero-order valence-corrected chi connectivity index (χ0v) is 14.3. The van der Waals surface area contributed by atoms with Gasteiger partial charge < -0.3 is 19.5 Å². The van der Waals surface area contributed by atoms with Crippen molar-refractivity contribution >= 4 is 17.6 Å². The van der Waals surface area contributed by atoms with Gasteiger partial charge in [0.15, 0.2) is 0 Å². The second-order valence-corrected chi connectivity index (χ2v) is 6.25. The molecule has 2 aromatic rings. The number of ether oxygens (including phenoxy) is 1. The number of carbonyl (C=O) groups excluding carboxylic acids is 2. The highest BCUT2D eigenvalue weighted by Gasteiger charge is 2.39. The van der Waals surface area contributed by atoms with E-state index in [0.29, 0.717) is 17.0 Å². The van der Waals surface area contributed by atoms with Gasteiger partial charge in [-0.3, -0.25) is 4.79 Å². The Labute approximate surface area is 146 Å². The first-order chi connectivity index (χ1) is 12.0. The molecule has 0 aliphatic carbocycles. The fourth-order valence-electron chi connectivity index (χ4n) is 3.42. The average molecular weight is 338 g/mol. The van der Waals surface area contributed by atoms with E-state index < -0.39 is 17.9 Å². The largest absolute Gasteiger partial charge is 0.550 e. The summed E-state index contributed by atoms with van der Waals surface area (Å²) in [7, 11) is 1.54. The maximum atomic E-state index is 12.7. The predicted octanol–water partition coefficient (Wildman–Crippen LogP) is 2.24. The Morgan fingerprint density at radius 1 is 1.16 bits per heavy atom. The first-order valence-electron chi connectivity index (χ1n) is 8.25. The van der Waals surface area contributed by atoms with Crippen LogP contribution in [-0.4, -0.2) is 19.0 Å². The Balaban J connectivity index is 2.15. The van der Waals surface area contributed by atoms with E-state index in [1.54, 1.807) is 17.0 Å². The van der Waals surface area contributed by atoms with Crippen molar-refractivity contribution in [1.82, 2.24) is 0 Å². The van der Waals surface area contributed by atoms with Gasteiger partial charge in [-0.05, 0) is 31.5 Å². The summed E-state index contributed by atoms with van der Waals surface area (Å²) in [6, 6.07) is 14.0. The van der Waals surface area contributed by atoms with E-state index in [1.165, 1.54) is 7.11 Å². The molecule has 0 spiro atoms. The number of hydrogen-bond donors (Lipinski definition) is 0. The molecule has 1 saturated heterocycles. The average Bonchev–Trinajstić information content (AvgIpc) is 2.62. The number of benzene rings is 2. The minimum absolute atomic E-state index is 0.0998. The van der Waals surface area contributed by atoms with Gasteiger partial charge in [-0.25, -0.2) is 0 Å². The van der Waals surface area contributed by atoms with Crippen molar-refractivity contribution in [3.8, 4) is 5.75 Å². The van der Waals surface area contributed by atoms with Crippen molar-refractivity contribution in [3.05, 3.63) is 59.7 Å². The van der Waals surface area contributed by atoms with Gasteiger partial charge in [0.1, 0.15) is 5.75 Å². The summed E-state index contributed by atoms with van der Waals surface area (Å²) in [5.74, 6) is -1.49. The summed E-state index contributed by atoms with van der Waals surface area (Å²) in [6.07, 6.45) is 0.435. The zero-order chi connectivity index (χ0) is 18.0. The second-order valence-electron chi connectivity index (χ2n) is 6.25. The van der Waals surface area contributed by atoms with Crippen molar-refractivity contribution in [3.63, 3.8) is 0 Å². The fraction of sp³-hybridized carbons (Fsp3) is 0.300. The molecule has 1 fully saturated rings. The molecule has 1 aliphatic heterocycles. The van der Waals surface area contributed by atoms with Crippen LogP contribution in [0.25, 0.3) is 0 Å². The number of hydrogen-bond acceptors (Lipinski definition) is 4. The Morgan fingerprint density at radius 3 is 2.48 bits per heavy atom. The highest BCUT2D eigenvalue weighted by Crippen LogP contribution is 2.42. The first kappa shape index (κ1) is 17.0. The Morgan fingerprint density at radius 2 is 1.84 bits per heavy atom. The number of methoxy groups -OCH3 is 1. The molecule has 0 unspecified atom stereocenters. The lowest BCUT2D eigenvalue weighted by atomic mass is 9.83. The van der Waals surface area contributed by atoms with Crippen molar-refractivity contribution < 1.29 is 19.4 Å². The topological polar surface area (TPSA) is 69.7 Å². The van der Waals surface area contributed by atoms with Crippen molar-refractivity contribution in [1.29, 1.82) is 0 Å². The number of aliphatic carboxylic acids is 1. The SMILES string of the molecule is COc1ccccc1[C@H]1[C@H](C(=O)[O-])CCC(=O)N1c1ccc(C)cc1. The van der Waals surface area contributed by atoms with E-state index in [0.717, 1.165) is 5.56 Å². The Bertz CT molecular complexity index is 785. The number of nitrogens with zero attached hydrogens (tertiary/aromatic N) is 1. The Hall–Kier alpha value is -2.82. The number of aryl methyl sites for hydroxylation is 1. The fourth-order valence-corrected chi connectivity index (χ4v) is 3.42. The van der Waals surface area contributed by atoms with Crippen molar-refractivity contribution in [2.24, 2.45) is 5.92 Å². The molecule has 3 rings (SSSR count). The van der Waals surface area contributed by atoms with Crippen LogP contribution in [-0.2, 0) is 9.59 Å². The van der Waals surface area contributed by atoms with Crippen molar-refractivity contribution in [2.75, 3.05) is 12.0 Å². The minimum Gasteiger partial charge on any atom is -0.550 e. The highest BCUT2D eigenvalue weighted by atomic mass is 16.5. The van der Waals surface area contributed by atoms with Crippen LogP contribution in [0.1, 0.15) is 30.0 Å². The monoisotopic (exact) mass is 338 g/mol. The molecular formula is C20H20NO4-. The minimum atomic E-state index is -1.15. The number of anilines is 1. The van der Waals surface area contributed by atoms with Gasteiger partial charge in [-0.15, -0.1) is 0 Å². The van der Waals surface area contributed by atoms with E-state index in [9.17, 15) is 14.7 Å². The molecule has 1 aliphatic rings. The summed E-state index contributed by atoms with van der Waals surface area (Å²) >= 11 is 0. The maximum absolute atomic E-state index is 12.7. The number of carboxylic acids is 1. The number of para-hydroxylation sites is 1. The van der Waals surface area contributed by atoms with Crippen LogP contribution in [0, 0.1) is 12.8 Å². The second kappa shape index (κ2) is 6.97. The van der Waals surface area contributed by atoms with Crippen LogP contribution < -0.4 is 14.7 Å². The van der Waals surface area contributed by atoms with E-state index in [4.69, 9.17) is 4.74 Å². The number of rotatable bonds is 4. The molecule has 0 radical (unpaired) electrons. The molecule has 1 heterocycles. The van der Waals surface area contributed by atoms with Gasteiger partial charge >= 0.3 is 0 Å². The van der Waals surface area contributed by atoms with Gasteiger partial charge in [-0.1, -0.05) is 35.9 Å². The molecule has 5 heteroatoms. The van der Waals surface area contributed by atoms with Gasteiger partial charge in [0, 0.05) is 29.6 Å². The predicted molar refractivity (Wildman–Crippen MR) is 92.1 cm³/mol. The highest BCUT2D eigenvalue weighted by molar-refractivity contribution is 5.96. The molecule has 1 amide bonds. The molecule has 0 aromatic heterocycles.